The van der Waals surface area contributed by atoms with E-state index in [4.69, 9.17) is 1.37 Å². The van der Waals surface area contributed by atoms with E-state index in [1.54, 1.807) is 12.1 Å². The molecule has 1 nitrogen and oxygen atoms in total. The van der Waals surface area contributed by atoms with Crippen LogP contribution in [-0.4, -0.2) is 4.98 Å². The molecule has 0 amide bonds. The van der Waals surface area contributed by atoms with Crippen LogP contribution in [0.15, 0.2) is 30.4 Å². The van der Waals surface area contributed by atoms with Crippen LogP contribution in [0.2, 0.25) is 0 Å². The van der Waals surface area contributed by atoms with Gasteiger partial charge in [-0.2, -0.15) is 0 Å². The predicted molar refractivity (Wildman–Crippen MR) is 38.3 cm³/mol. The minimum atomic E-state index is -0.267. The summed E-state index contributed by atoms with van der Waals surface area (Å²) in [6.45, 7) is 0. The molecule has 0 spiro atoms. The number of aromatic amines is 1. The Kier molecular flexibility index (Phi) is 0.826. The van der Waals surface area contributed by atoms with Gasteiger partial charge >= 0.3 is 0 Å². The standard InChI is InChI=1S/C8H6FN/c9-7-1-2-8-6(5-7)3-4-10-8/h1-5,10H/i4D. The highest BCUT2D eigenvalue weighted by molar-refractivity contribution is 5.78. The molecule has 1 N–H and O–H groups in total. The Morgan fingerprint density at radius 1 is 1.40 bits per heavy atom. The number of nitrogens with one attached hydrogen (secondary N) is 1. The van der Waals surface area contributed by atoms with Crippen LogP contribution in [0, 0.1) is 5.82 Å². The van der Waals surface area contributed by atoms with Gasteiger partial charge < -0.3 is 4.98 Å². The first-order valence-electron chi connectivity index (χ1n) is 3.50. The third-order valence-corrected chi connectivity index (χ3v) is 1.45. The minimum absolute atomic E-state index is 0.267. The Bertz CT molecular complexity index is 394. The van der Waals surface area contributed by atoms with Crippen LogP contribution in [0.25, 0.3) is 10.9 Å². The number of hydrogen-bond acceptors (Lipinski definition) is 0. The van der Waals surface area contributed by atoms with Crippen molar-refractivity contribution in [2.45, 2.75) is 0 Å². The number of benzene rings is 1. The largest absolute Gasteiger partial charge is 0.361 e. The van der Waals surface area contributed by atoms with Gasteiger partial charge in [-0.3, -0.25) is 0 Å². The van der Waals surface area contributed by atoms with E-state index in [1.165, 1.54) is 12.1 Å². The van der Waals surface area contributed by atoms with E-state index in [0.717, 1.165) is 10.9 Å². The summed E-state index contributed by atoms with van der Waals surface area (Å²) in [5.74, 6) is -0.267. The molecule has 0 aliphatic carbocycles. The summed E-state index contributed by atoms with van der Waals surface area (Å²) in [5.41, 5.74) is 0.802. The van der Waals surface area contributed by atoms with E-state index in [9.17, 15) is 4.39 Å². The number of rotatable bonds is 0. The summed E-state index contributed by atoms with van der Waals surface area (Å²) in [4.78, 5) is 2.79. The Morgan fingerprint density at radius 2 is 2.30 bits per heavy atom. The SMILES string of the molecule is [2H]c1cc2cc(F)ccc2[nH]1. The first-order valence-corrected chi connectivity index (χ1v) is 3.00. The van der Waals surface area contributed by atoms with Crippen molar-refractivity contribution in [3.8, 4) is 0 Å². The second-order valence-corrected chi connectivity index (χ2v) is 2.15. The van der Waals surface area contributed by atoms with E-state index < -0.39 is 0 Å². The fourth-order valence-electron chi connectivity index (χ4n) is 0.958. The third-order valence-electron chi connectivity index (χ3n) is 1.45. The molecule has 2 aromatic rings. The second kappa shape index (κ2) is 1.84. The molecule has 0 saturated carbocycles. The Labute approximate surface area is 58.9 Å². The molecule has 0 bridgehead atoms. The molecule has 1 aromatic carbocycles. The molecule has 1 aromatic heterocycles. The van der Waals surface area contributed by atoms with Gasteiger partial charge in [-0.25, -0.2) is 4.39 Å². The Hall–Kier alpha value is -1.31. The van der Waals surface area contributed by atoms with Crippen LogP contribution >= 0.6 is 0 Å². The quantitative estimate of drug-likeness (QED) is 0.572. The maximum Gasteiger partial charge on any atom is 0.123 e. The zero-order chi connectivity index (χ0) is 7.84. The van der Waals surface area contributed by atoms with Crippen molar-refractivity contribution in [2.24, 2.45) is 0 Å². The van der Waals surface area contributed by atoms with Gasteiger partial charge in [0.1, 0.15) is 5.82 Å². The van der Waals surface area contributed by atoms with Crippen LogP contribution in [-0.2, 0) is 0 Å². The molecule has 2 heteroatoms. The molecule has 2 rings (SSSR count). The molecule has 50 valence electrons. The first kappa shape index (κ1) is 4.50. The summed E-state index contributed by atoms with van der Waals surface area (Å²) in [6, 6.07) is 6.00. The molecular formula is C8H6FN. The van der Waals surface area contributed by atoms with Crippen molar-refractivity contribution in [2.75, 3.05) is 0 Å². The second-order valence-electron chi connectivity index (χ2n) is 2.15. The summed E-state index contributed by atoms with van der Waals surface area (Å²) < 4.78 is 19.8. The Morgan fingerprint density at radius 3 is 3.20 bits per heavy atom. The minimum Gasteiger partial charge on any atom is -0.361 e. The van der Waals surface area contributed by atoms with Crippen LogP contribution in [0.4, 0.5) is 4.39 Å². The van der Waals surface area contributed by atoms with E-state index in [0.29, 0.717) is 6.17 Å². The van der Waals surface area contributed by atoms with Gasteiger partial charge in [-0.15, -0.1) is 0 Å². The molecule has 0 saturated heterocycles. The lowest BCUT2D eigenvalue weighted by atomic mass is 10.2. The van der Waals surface area contributed by atoms with E-state index >= 15 is 0 Å². The summed E-state index contributed by atoms with van der Waals surface area (Å²) in [7, 11) is 0. The Balaban J connectivity index is 2.82. The van der Waals surface area contributed by atoms with Crippen LogP contribution in [0.5, 0.6) is 0 Å². The van der Waals surface area contributed by atoms with Gasteiger partial charge in [0.25, 0.3) is 0 Å². The zero-order valence-electron chi connectivity index (χ0n) is 6.19. The first-order chi connectivity index (χ1) is 5.25. The number of fused-ring (bicyclic) bond motifs is 1. The highest BCUT2D eigenvalue weighted by Gasteiger charge is 1.93. The fourth-order valence-corrected chi connectivity index (χ4v) is 0.958. The van der Waals surface area contributed by atoms with Gasteiger partial charge in [-0.05, 0) is 24.3 Å². The van der Waals surface area contributed by atoms with Gasteiger partial charge in [0.15, 0.2) is 0 Å². The van der Waals surface area contributed by atoms with Gasteiger partial charge in [0.05, 0.1) is 1.37 Å². The van der Waals surface area contributed by atoms with Crippen molar-refractivity contribution in [3.63, 3.8) is 0 Å². The van der Waals surface area contributed by atoms with Crippen LogP contribution in [0.3, 0.4) is 0 Å². The summed E-state index contributed by atoms with van der Waals surface area (Å²) >= 11 is 0. The molecule has 0 aliphatic heterocycles. The molecule has 0 atom stereocenters. The molecule has 0 radical (unpaired) electrons. The van der Waals surface area contributed by atoms with Crippen molar-refractivity contribution >= 4 is 10.9 Å². The molecule has 0 fully saturated rings. The average molecular weight is 136 g/mol. The van der Waals surface area contributed by atoms with E-state index in [1.807, 2.05) is 0 Å². The molecule has 1 heterocycles. The summed E-state index contributed by atoms with van der Waals surface area (Å²) in [5, 5.41) is 0.745. The highest BCUT2D eigenvalue weighted by Crippen LogP contribution is 2.12. The lowest BCUT2D eigenvalue weighted by Crippen LogP contribution is -1.70. The number of aromatic nitrogens is 1. The maximum absolute atomic E-state index is 12.6. The van der Waals surface area contributed by atoms with E-state index in [-0.39, 0.29) is 5.82 Å². The monoisotopic (exact) mass is 136 g/mol. The van der Waals surface area contributed by atoms with Crippen LogP contribution in [0.1, 0.15) is 1.37 Å². The summed E-state index contributed by atoms with van der Waals surface area (Å²) in [6.07, 6.45) is 0.311. The lowest BCUT2D eigenvalue weighted by Gasteiger charge is -1.87. The highest BCUT2D eigenvalue weighted by atomic mass is 19.1. The number of hydrogen-bond donors (Lipinski definition) is 1. The number of H-pyrrole nitrogens is 1. The van der Waals surface area contributed by atoms with Gasteiger partial charge in [-0.1, -0.05) is 0 Å². The van der Waals surface area contributed by atoms with E-state index in [2.05, 4.69) is 4.98 Å². The number of halogens is 1. The van der Waals surface area contributed by atoms with Gasteiger partial charge in [0.2, 0.25) is 0 Å². The van der Waals surface area contributed by atoms with Crippen molar-refractivity contribution < 1.29 is 5.76 Å². The third kappa shape index (κ3) is 0.692. The molecular weight excluding hydrogens is 129 g/mol. The average Bonchev–Trinajstić information content (AvgIpc) is 2.27. The fraction of sp³-hybridized carbons (Fsp3) is 0. The predicted octanol–water partition coefficient (Wildman–Crippen LogP) is 2.31. The molecule has 0 unspecified atom stereocenters. The maximum atomic E-state index is 12.6. The van der Waals surface area contributed by atoms with Crippen LogP contribution < -0.4 is 0 Å². The topological polar surface area (TPSA) is 15.8 Å². The van der Waals surface area contributed by atoms with Gasteiger partial charge in [0, 0.05) is 17.1 Å². The molecule has 10 heavy (non-hydrogen) atoms. The lowest BCUT2D eigenvalue weighted by molar-refractivity contribution is 0.630. The smallest absolute Gasteiger partial charge is 0.123 e. The van der Waals surface area contributed by atoms with Crippen molar-refractivity contribution in [1.29, 1.82) is 0 Å². The zero-order valence-corrected chi connectivity index (χ0v) is 5.19. The molecule has 0 aliphatic rings. The van der Waals surface area contributed by atoms with Crippen molar-refractivity contribution in [1.82, 2.24) is 4.98 Å². The van der Waals surface area contributed by atoms with Crippen molar-refractivity contribution in [3.05, 3.63) is 36.3 Å². The normalized spacial score (nSPS) is 11.9.